The fraction of sp³-hybridized carbons (Fsp3) is 0.769. The molecule has 2 rings (SSSR count). The standard InChI is InChI=1S/C13H21N3O3/c1-9(10-3-4-10)16(7-8-19-2)13(18)11-5-6-12(17)15-14-11/h9-10H,3-8H2,1-2H3,(H,15,17). The van der Waals surface area contributed by atoms with Crippen LogP contribution in [0.1, 0.15) is 32.6 Å². The van der Waals surface area contributed by atoms with Crippen molar-refractivity contribution in [2.45, 2.75) is 38.6 Å². The molecule has 1 heterocycles. The van der Waals surface area contributed by atoms with E-state index < -0.39 is 0 Å². The molecule has 1 N–H and O–H groups in total. The Bertz CT molecular complexity index is 391. The number of amides is 2. The van der Waals surface area contributed by atoms with E-state index in [4.69, 9.17) is 4.74 Å². The van der Waals surface area contributed by atoms with Gasteiger partial charge in [0.25, 0.3) is 5.91 Å². The molecular weight excluding hydrogens is 246 g/mol. The minimum Gasteiger partial charge on any atom is -0.383 e. The van der Waals surface area contributed by atoms with Crippen LogP contribution >= 0.6 is 0 Å². The van der Waals surface area contributed by atoms with Gasteiger partial charge in [-0.2, -0.15) is 5.10 Å². The molecule has 0 bridgehead atoms. The number of hydrogen-bond acceptors (Lipinski definition) is 4. The molecular formula is C13H21N3O3. The topological polar surface area (TPSA) is 71.0 Å². The van der Waals surface area contributed by atoms with Gasteiger partial charge in [0.1, 0.15) is 5.71 Å². The van der Waals surface area contributed by atoms with E-state index in [1.807, 2.05) is 4.90 Å². The second kappa shape index (κ2) is 6.14. The van der Waals surface area contributed by atoms with E-state index >= 15 is 0 Å². The van der Waals surface area contributed by atoms with Gasteiger partial charge < -0.3 is 9.64 Å². The lowest BCUT2D eigenvalue weighted by atomic mass is 10.1. The molecule has 0 aromatic carbocycles. The molecule has 1 unspecified atom stereocenters. The van der Waals surface area contributed by atoms with E-state index in [0.29, 0.717) is 37.6 Å². The van der Waals surface area contributed by atoms with E-state index in [-0.39, 0.29) is 17.9 Å². The molecule has 19 heavy (non-hydrogen) atoms. The lowest BCUT2D eigenvalue weighted by Gasteiger charge is -2.30. The third kappa shape index (κ3) is 3.53. The lowest BCUT2D eigenvalue weighted by molar-refractivity contribution is -0.127. The van der Waals surface area contributed by atoms with Gasteiger partial charge in [-0.25, -0.2) is 5.43 Å². The number of carbonyl (C=O) groups is 2. The van der Waals surface area contributed by atoms with E-state index in [1.165, 1.54) is 12.8 Å². The molecule has 2 amide bonds. The molecule has 1 saturated carbocycles. The zero-order valence-corrected chi connectivity index (χ0v) is 11.5. The van der Waals surface area contributed by atoms with Crippen LogP contribution in [0.25, 0.3) is 0 Å². The van der Waals surface area contributed by atoms with Crippen LogP contribution < -0.4 is 5.43 Å². The second-order valence-corrected chi connectivity index (χ2v) is 5.16. The normalized spacial score (nSPS) is 20.5. The average molecular weight is 267 g/mol. The van der Waals surface area contributed by atoms with Gasteiger partial charge in [0.2, 0.25) is 5.91 Å². The van der Waals surface area contributed by atoms with Crippen molar-refractivity contribution in [1.29, 1.82) is 0 Å². The van der Waals surface area contributed by atoms with Gasteiger partial charge in [-0.05, 0) is 25.7 Å². The highest BCUT2D eigenvalue weighted by Gasteiger charge is 2.35. The van der Waals surface area contributed by atoms with E-state index in [1.54, 1.807) is 7.11 Å². The highest BCUT2D eigenvalue weighted by Crippen LogP contribution is 2.35. The Hall–Kier alpha value is -1.43. The molecule has 0 radical (unpaired) electrons. The Labute approximate surface area is 113 Å². The second-order valence-electron chi connectivity index (χ2n) is 5.16. The molecule has 0 saturated heterocycles. The molecule has 1 fully saturated rings. The average Bonchev–Trinajstić information content (AvgIpc) is 3.23. The lowest BCUT2D eigenvalue weighted by Crippen LogP contribution is -2.47. The maximum Gasteiger partial charge on any atom is 0.270 e. The minimum absolute atomic E-state index is 0.0727. The van der Waals surface area contributed by atoms with Gasteiger partial charge in [-0.3, -0.25) is 9.59 Å². The first-order chi connectivity index (χ1) is 9.13. The van der Waals surface area contributed by atoms with Crippen molar-refractivity contribution in [2.24, 2.45) is 11.0 Å². The number of ether oxygens (including phenoxy) is 1. The summed E-state index contributed by atoms with van der Waals surface area (Å²) in [6.07, 6.45) is 3.12. The molecule has 6 heteroatoms. The van der Waals surface area contributed by atoms with Gasteiger partial charge in [0.15, 0.2) is 0 Å². The first-order valence-electron chi connectivity index (χ1n) is 6.78. The summed E-state index contributed by atoms with van der Waals surface area (Å²) in [6.45, 7) is 3.16. The minimum atomic E-state index is -0.129. The van der Waals surface area contributed by atoms with Gasteiger partial charge in [0, 0.05) is 32.5 Å². The quantitative estimate of drug-likeness (QED) is 0.763. The number of hydrazone groups is 1. The first-order valence-corrected chi connectivity index (χ1v) is 6.78. The summed E-state index contributed by atoms with van der Waals surface area (Å²) in [7, 11) is 1.63. The van der Waals surface area contributed by atoms with Crippen molar-refractivity contribution in [3.8, 4) is 0 Å². The van der Waals surface area contributed by atoms with Gasteiger partial charge in [-0.1, -0.05) is 0 Å². The van der Waals surface area contributed by atoms with Crippen molar-refractivity contribution in [1.82, 2.24) is 10.3 Å². The summed E-state index contributed by atoms with van der Waals surface area (Å²) < 4.78 is 5.07. The zero-order valence-electron chi connectivity index (χ0n) is 11.5. The Kier molecular flexibility index (Phi) is 4.52. The summed E-state index contributed by atoms with van der Waals surface area (Å²) in [5, 5.41) is 3.89. The van der Waals surface area contributed by atoms with Crippen LogP contribution in [0.15, 0.2) is 5.10 Å². The smallest absolute Gasteiger partial charge is 0.270 e. The van der Waals surface area contributed by atoms with Crippen LogP contribution in [-0.2, 0) is 14.3 Å². The fourth-order valence-electron chi connectivity index (χ4n) is 2.31. The number of rotatable bonds is 6. The van der Waals surface area contributed by atoms with E-state index in [9.17, 15) is 9.59 Å². The summed E-state index contributed by atoms with van der Waals surface area (Å²) in [4.78, 5) is 25.4. The highest BCUT2D eigenvalue weighted by atomic mass is 16.5. The predicted octanol–water partition coefficient (Wildman–Crippen LogP) is 0.526. The van der Waals surface area contributed by atoms with Gasteiger partial charge in [0.05, 0.1) is 6.61 Å². The number of methoxy groups -OCH3 is 1. The number of nitrogens with zero attached hydrogens (tertiary/aromatic N) is 2. The molecule has 1 aliphatic heterocycles. The van der Waals surface area contributed by atoms with Crippen molar-refractivity contribution in [3.63, 3.8) is 0 Å². The number of nitrogens with one attached hydrogen (secondary N) is 1. The Morgan fingerprint density at radius 1 is 1.53 bits per heavy atom. The molecule has 1 aliphatic carbocycles. The van der Waals surface area contributed by atoms with Crippen LogP contribution in [-0.4, -0.2) is 48.7 Å². The van der Waals surface area contributed by atoms with Crippen LogP contribution in [0.5, 0.6) is 0 Å². The molecule has 106 valence electrons. The summed E-state index contributed by atoms with van der Waals surface area (Å²) >= 11 is 0. The predicted molar refractivity (Wildman–Crippen MR) is 70.6 cm³/mol. The fourth-order valence-corrected chi connectivity index (χ4v) is 2.31. The Morgan fingerprint density at radius 3 is 2.79 bits per heavy atom. The SMILES string of the molecule is COCCN(C(=O)C1=NNC(=O)CC1)C(C)C1CC1. The van der Waals surface area contributed by atoms with Crippen molar-refractivity contribution < 1.29 is 14.3 Å². The van der Waals surface area contributed by atoms with E-state index in [0.717, 1.165) is 0 Å². The summed E-state index contributed by atoms with van der Waals surface area (Å²) in [5.74, 6) is 0.395. The van der Waals surface area contributed by atoms with Crippen LogP contribution in [0.4, 0.5) is 0 Å². The summed E-state index contributed by atoms with van der Waals surface area (Å²) in [6, 6.07) is 0.211. The molecule has 0 aromatic heterocycles. The molecule has 0 aromatic rings. The van der Waals surface area contributed by atoms with Crippen molar-refractivity contribution in [3.05, 3.63) is 0 Å². The number of hydrogen-bond donors (Lipinski definition) is 1. The van der Waals surface area contributed by atoms with Crippen LogP contribution in [0.2, 0.25) is 0 Å². The Balaban J connectivity index is 2.03. The van der Waals surface area contributed by atoms with Gasteiger partial charge in [-0.15, -0.1) is 0 Å². The molecule has 2 aliphatic rings. The largest absolute Gasteiger partial charge is 0.383 e. The zero-order chi connectivity index (χ0) is 13.8. The third-order valence-electron chi connectivity index (χ3n) is 3.74. The number of carbonyl (C=O) groups excluding carboxylic acids is 2. The Morgan fingerprint density at radius 2 is 2.26 bits per heavy atom. The van der Waals surface area contributed by atoms with Crippen molar-refractivity contribution in [2.75, 3.05) is 20.3 Å². The molecule has 6 nitrogen and oxygen atoms in total. The maximum absolute atomic E-state index is 12.5. The monoisotopic (exact) mass is 267 g/mol. The molecule has 0 spiro atoms. The van der Waals surface area contributed by atoms with Crippen LogP contribution in [0.3, 0.4) is 0 Å². The van der Waals surface area contributed by atoms with Gasteiger partial charge >= 0.3 is 0 Å². The third-order valence-corrected chi connectivity index (χ3v) is 3.74. The summed E-state index contributed by atoms with van der Waals surface area (Å²) in [5.41, 5.74) is 2.83. The highest BCUT2D eigenvalue weighted by molar-refractivity contribution is 6.39. The first kappa shape index (κ1) is 14.0. The molecule has 1 atom stereocenters. The maximum atomic E-state index is 12.5. The van der Waals surface area contributed by atoms with E-state index in [2.05, 4.69) is 17.5 Å². The van der Waals surface area contributed by atoms with Crippen molar-refractivity contribution >= 4 is 17.5 Å². The van der Waals surface area contributed by atoms with Crippen LogP contribution in [0, 0.1) is 5.92 Å².